The number of hydrogen-bond donors (Lipinski definition) is 1. The maximum Gasteiger partial charge on any atom is 0.173 e. The van der Waals surface area contributed by atoms with Crippen molar-refractivity contribution in [1.29, 1.82) is 0 Å². The number of anilines is 1. The lowest BCUT2D eigenvalue weighted by molar-refractivity contribution is 0.0905. The summed E-state index contributed by atoms with van der Waals surface area (Å²) in [6.45, 7) is 4.48. The van der Waals surface area contributed by atoms with E-state index in [4.69, 9.17) is 21.7 Å². The Morgan fingerprint density at radius 1 is 1.00 bits per heavy atom. The van der Waals surface area contributed by atoms with Crippen LogP contribution in [0, 0.1) is 6.92 Å². The maximum atomic E-state index is 5.88. The maximum absolute atomic E-state index is 5.88. The number of aryl methyl sites for hydroxylation is 1. The molecule has 1 fully saturated rings. The number of hydrogen-bond acceptors (Lipinski definition) is 3. The minimum Gasteiger partial charge on any atom is -0.457 e. The van der Waals surface area contributed by atoms with E-state index in [0.717, 1.165) is 49.7 Å². The summed E-state index contributed by atoms with van der Waals surface area (Å²) in [5.74, 6) is 1.61. The molecule has 3 aromatic carbocycles. The molecule has 1 saturated heterocycles. The van der Waals surface area contributed by atoms with E-state index in [-0.39, 0.29) is 6.10 Å². The van der Waals surface area contributed by atoms with E-state index in [1.165, 1.54) is 11.1 Å². The van der Waals surface area contributed by atoms with Crippen LogP contribution in [0.4, 0.5) is 5.69 Å². The van der Waals surface area contributed by atoms with Gasteiger partial charge in [-0.2, -0.15) is 0 Å². The monoisotopic (exact) mass is 432 g/mol. The Labute approximate surface area is 189 Å². The Kier molecular flexibility index (Phi) is 7.18. The SMILES string of the molecule is Cc1ccc(CN(CC2CCCO2)C(=S)Nc2ccc(Oc3ccccc3)cc2)cc1. The van der Waals surface area contributed by atoms with Crippen LogP contribution in [0.2, 0.25) is 0 Å². The van der Waals surface area contributed by atoms with Gasteiger partial charge in [-0.25, -0.2) is 0 Å². The van der Waals surface area contributed by atoms with E-state index >= 15 is 0 Å². The lowest BCUT2D eigenvalue weighted by Gasteiger charge is -2.28. The number of rotatable bonds is 7. The summed E-state index contributed by atoms with van der Waals surface area (Å²) in [4.78, 5) is 2.20. The molecule has 1 N–H and O–H groups in total. The minimum atomic E-state index is 0.229. The first-order chi connectivity index (χ1) is 15.2. The van der Waals surface area contributed by atoms with Crippen LogP contribution in [0.3, 0.4) is 0 Å². The highest BCUT2D eigenvalue weighted by molar-refractivity contribution is 7.80. The van der Waals surface area contributed by atoms with E-state index in [9.17, 15) is 0 Å². The Bertz CT molecular complexity index is 969. The molecule has 0 bridgehead atoms. The summed E-state index contributed by atoms with van der Waals surface area (Å²) < 4.78 is 11.7. The van der Waals surface area contributed by atoms with Crippen LogP contribution in [0.5, 0.6) is 11.5 Å². The van der Waals surface area contributed by atoms with E-state index in [1.54, 1.807) is 0 Å². The highest BCUT2D eigenvalue weighted by Gasteiger charge is 2.21. The first-order valence-corrected chi connectivity index (χ1v) is 11.1. The lowest BCUT2D eigenvalue weighted by atomic mass is 10.1. The second-order valence-electron chi connectivity index (χ2n) is 7.87. The second kappa shape index (κ2) is 10.4. The third kappa shape index (κ3) is 6.29. The van der Waals surface area contributed by atoms with Crippen LogP contribution in [0.25, 0.3) is 0 Å². The molecule has 5 heteroatoms. The zero-order chi connectivity index (χ0) is 21.5. The molecule has 0 amide bonds. The fourth-order valence-corrected chi connectivity index (χ4v) is 3.86. The van der Waals surface area contributed by atoms with Crippen LogP contribution in [-0.2, 0) is 11.3 Å². The van der Waals surface area contributed by atoms with Gasteiger partial charge in [0.15, 0.2) is 5.11 Å². The van der Waals surface area contributed by atoms with E-state index < -0.39 is 0 Å². The normalized spacial score (nSPS) is 15.5. The summed E-state index contributed by atoms with van der Waals surface area (Å²) >= 11 is 5.78. The van der Waals surface area contributed by atoms with Gasteiger partial charge in [-0.15, -0.1) is 0 Å². The average Bonchev–Trinajstić information content (AvgIpc) is 3.30. The summed E-state index contributed by atoms with van der Waals surface area (Å²) in [5.41, 5.74) is 3.43. The molecule has 0 aromatic heterocycles. The van der Waals surface area contributed by atoms with Crippen molar-refractivity contribution in [2.45, 2.75) is 32.4 Å². The van der Waals surface area contributed by atoms with Crippen LogP contribution >= 0.6 is 12.2 Å². The molecule has 0 saturated carbocycles. The molecule has 160 valence electrons. The van der Waals surface area contributed by atoms with Gasteiger partial charge >= 0.3 is 0 Å². The second-order valence-corrected chi connectivity index (χ2v) is 8.26. The molecule has 1 heterocycles. The molecule has 1 aliphatic rings. The van der Waals surface area contributed by atoms with Gasteiger partial charge in [0.25, 0.3) is 0 Å². The molecule has 0 spiro atoms. The fraction of sp³-hybridized carbons (Fsp3) is 0.269. The molecule has 1 unspecified atom stereocenters. The van der Waals surface area contributed by atoms with E-state index in [0.29, 0.717) is 5.11 Å². The van der Waals surface area contributed by atoms with Gasteiger partial charge in [0, 0.05) is 25.4 Å². The minimum absolute atomic E-state index is 0.229. The molecule has 4 nitrogen and oxygen atoms in total. The Morgan fingerprint density at radius 3 is 2.39 bits per heavy atom. The largest absolute Gasteiger partial charge is 0.457 e. The van der Waals surface area contributed by atoms with Crippen molar-refractivity contribution in [3.63, 3.8) is 0 Å². The number of nitrogens with one attached hydrogen (secondary N) is 1. The molecule has 1 atom stereocenters. The van der Waals surface area contributed by atoms with Crippen molar-refractivity contribution in [3.8, 4) is 11.5 Å². The zero-order valence-corrected chi connectivity index (χ0v) is 18.6. The summed E-state index contributed by atoms with van der Waals surface area (Å²) in [5, 5.41) is 4.09. The van der Waals surface area contributed by atoms with Gasteiger partial charge < -0.3 is 19.7 Å². The van der Waals surface area contributed by atoms with Gasteiger partial charge in [-0.05, 0) is 73.9 Å². The van der Waals surface area contributed by atoms with Crippen molar-refractivity contribution < 1.29 is 9.47 Å². The van der Waals surface area contributed by atoms with E-state index in [1.807, 2.05) is 54.6 Å². The first kappa shape index (κ1) is 21.3. The molecular formula is C26H28N2O2S. The standard InChI is InChI=1S/C26H28N2O2S/c1-20-9-11-21(12-10-20)18-28(19-25-8-5-17-29-25)26(31)27-22-13-15-24(16-14-22)30-23-6-3-2-4-7-23/h2-4,6-7,9-16,25H,5,8,17-19H2,1H3,(H,27,31). The summed E-state index contributed by atoms with van der Waals surface area (Å²) in [7, 11) is 0. The third-order valence-corrected chi connectivity index (χ3v) is 5.67. The lowest BCUT2D eigenvalue weighted by Crippen LogP contribution is -2.39. The molecule has 31 heavy (non-hydrogen) atoms. The van der Waals surface area contributed by atoms with Crippen LogP contribution in [0.15, 0.2) is 78.9 Å². The molecule has 1 aliphatic heterocycles. The number of para-hydroxylation sites is 1. The Morgan fingerprint density at radius 2 is 1.71 bits per heavy atom. The van der Waals surface area contributed by atoms with E-state index in [2.05, 4.69) is 41.4 Å². The van der Waals surface area contributed by atoms with Crippen molar-refractivity contribution in [2.75, 3.05) is 18.5 Å². The highest BCUT2D eigenvalue weighted by Crippen LogP contribution is 2.23. The zero-order valence-electron chi connectivity index (χ0n) is 17.8. The quantitative estimate of drug-likeness (QED) is 0.452. The Balaban J connectivity index is 1.41. The third-order valence-electron chi connectivity index (χ3n) is 5.31. The van der Waals surface area contributed by atoms with Gasteiger partial charge in [-0.1, -0.05) is 48.0 Å². The smallest absolute Gasteiger partial charge is 0.173 e. The van der Waals surface area contributed by atoms with Gasteiger partial charge in [0.2, 0.25) is 0 Å². The highest BCUT2D eigenvalue weighted by atomic mass is 32.1. The van der Waals surface area contributed by atoms with Crippen LogP contribution < -0.4 is 10.1 Å². The average molecular weight is 433 g/mol. The summed E-state index contributed by atoms with van der Waals surface area (Å²) in [6.07, 6.45) is 2.43. The predicted molar refractivity (Wildman–Crippen MR) is 130 cm³/mol. The Hall–Kier alpha value is -2.89. The van der Waals surface area contributed by atoms with Gasteiger partial charge in [0.05, 0.1) is 6.10 Å². The van der Waals surface area contributed by atoms with Gasteiger partial charge in [-0.3, -0.25) is 0 Å². The van der Waals surface area contributed by atoms with Crippen molar-refractivity contribution in [1.82, 2.24) is 4.90 Å². The molecule has 4 rings (SSSR count). The van der Waals surface area contributed by atoms with Gasteiger partial charge in [0.1, 0.15) is 11.5 Å². The summed E-state index contributed by atoms with van der Waals surface area (Å²) in [6, 6.07) is 26.2. The molecule has 3 aromatic rings. The fourth-order valence-electron chi connectivity index (χ4n) is 3.60. The molecule has 0 radical (unpaired) electrons. The van der Waals surface area contributed by atoms with Crippen molar-refractivity contribution in [2.24, 2.45) is 0 Å². The van der Waals surface area contributed by atoms with Crippen LogP contribution in [-0.4, -0.2) is 29.3 Å². The first-order valence-electron chi connectivity index (χ1n) is 10.7. The molecule has 0 aliphatic carbocycles. The number of benzene rings is 3. The number of ether oxygens (including phenoxy) is 2. The van der Waals surface area contributed by atoms with Crippen molar-refractivity contribution in [3.05, 3.63) is 90.0 Å². The molecular weight excluding hydrogens is 404 g/mol. The predicted octanol–water partition coefficient (Wildman–Crippen LogP) is 6.17. The number of nitrogens with zero attached hydrogens (tertiary/aromatic N) is 1. The topological polar surface area (TPSA) is 33.7 Å². The van der Waals surface area contributed by atoms with Crippen LogP contribution in [0.1, 0.15) is 24.0 Å². The number of thiocarbonyl (C=S) groups is 1. The van der Waals surface area contributed by atoms with Crippen molar-refractivity contribution >= 4 is 23.0 Å².